The summed E-state index contributed by atoms with van der Waals surface area (Å²) in [4.78, 5) is 11.9. The molecule has 1 aliphatic carbocycles. The lowest BCUT2D eigenvalue weighted by atomic mass is 9.92. The van der Waals surface area contributed by atoms with E-state index in [1.807, 2.05) is 0 Å². The van der Waals surface area contributed by atoms with E-state index >= 15 is 0 Å². The Kier molecular flexibility index (Phi) is 3.47. The van der Waals surface area contributed by atoms with Crippen LogP contribution in [0.1, 0.15) is 37.0 Å². The van der Waals surface area contributed by atoms with E-state index in [4.69, 9.17) is 5.73 Å². The highest BCUT2D eigenvalue weighted by atomic mass is 19.1. The first-order chi connectivity index (χ1) is 8.85. The lowest BCUT2D eigenvalue weighted by molar-refractivity contribution is 0.0939. The zero-order valence-electron chi connectivity index (χ0n) is 11.1. The summed E-state index contributed by atoms with van der Waals surface area (Å²) in [5.41, 5.74) is 4.72. The Balaban J connectivity index is 2.05. The van der Waals surface area contributed by atoms with Crippen molar-refractivity contribution in [3.8, 4) is 0 Å². The zero-order valence-corrected chi connectivity index (χ0v) is 11.1. The largest absolute Gasteiger partial charge is 0.394 e. The molecular weight excluding hydrogens is 250 g/mol. The fourth-order valence-corrected chi connectivity index (χ4v) is 2.19. The van der Waals surface area contributed by atoms with E-state index in [1.54, 1.807) is 0 Å². The molecule has 104 valence electrons. The Bertz CT molecular complexity index is 487. The molecule has 0 heterocycles. The highest BCUT2D eigenvalue weighted by Crippen LogP contribution is 2.51. The molecular formula is C14H18F2N2O. The summed E-state index contributed by atoms with van der Waals surface area (Å²) in [6, 6.07) is 1.92. The van der Waals surface area contributed by atoms with E-state index in [1.165, 1.54) is 0 Å². The Morgan fingerprint density at radius 3 is 2.32 bits per heavy atom. The van der Waals surface area contributed by atoms with Gasteiger partial charge in [0, 0.05) is 12.1 Å². The number of nitrogens with two attached hydrogens (primary N) is 1. The number of hydrogen-bond acceptors (Lipinski definition) is 2. The van der Waals surface area contributed by atoms with Gasteiger partial charge in [0.25, 0.3) is 5.91 Å². The van der Waals surface area contributed by atoms with E-state index in [0.717, 1.165) is 25.0 Å². The van der Waals surface area contributed by atoms with Gasteiger partial charge in [-0.2, -0.15) is 0 Å². The van der Waals surface area contributed by atoms with E-state index in [2.05, 4.69) is 19.2 Å². The number of benzene rings is 1. The van der Waals surface area contributed by atoms with Gasteiger partial charge >= 0.3 is 0 Å². The van der Waals surface area contributed by atoms with Gasteiger partial charge in [0.15, 0.2) is 0 Å². The third kappa shape index (κ3) is 2.69. The summed E-state index contributed by atoms with van der Waals surface area (Å²) in [5, 5.41) is 2.74. The molecule has 0 aliphatic heterocycles. The van der Waals surface area contributed by atoms with Crippen LogP contribution in [0.25, 0.3) is 0 Å². The summed E-state index contributed by atoms with van der Waals surface area (Å²) in [5.74, 6) is -1.80. The molecule has 5 heteroatoms. The highest BCUT2D eigenvalue weighted by Gasteiger charge is 2.45. The minimum absolute atomic E-state index is 0.0382. The molecule has 0 saturated heterocycles. The minimum Gasteiger partial charge on any atom is -0.394 e. The van der Waals surface area contributed by atoms with Crippen LogP contribution in [0.3, 0.4) is 0 Å². The molecule has 2 rings (SSSR count). The fraction of sp³-hybridized carbons (Fsp3) is 0.500. The Morgan fingerprint density at radius 2 is 1.89 bits per heavy atom. The second kappa shape index (κ2) is 4.79. The number of carbonyl (C=O) groups is 1. The van der Waals surface area contributed by atoms with Gasteiger partial charge in [-0.1, -0.05) is 13.8 Å². The normalized spacial score (nSPS) is 16.5. The molecule has 3 N–H and O–H groups in total. The van der Waals surface area contributed by atoms with Crippen molar-refractivity contribution in [1.82, 2.24) is 5.32 Å². The van der Waals surface area contributed by atoms with Crippen LogP contribution in [0, 0.1) is 23.0 Å². The first kappa shape index (κ1) is 13.8. The molecule has 0 spiro atoms. The number of amides is 1. The predicted octanol–water partition coefficient (Wildman–Crippen LogP) is 2.71. The molecule has 1 fully saturated rings. The van der Waals surface area contributed by atoms with Crippen molar-refractivity contribution in [2.45, 2.75) is 26.7 Å². The summed E-state index contributed by atoms with van der Waals surface area (Å²) >= 11 is 0. The molecule has 1 aromatic rings. The molecule has 0 bridgehead atoms. The predicted molar refractivity (Wildman–Crippen MR) is 69.6 cm³/mol. The maximum atomic E-state index is 13.3. The third-order valence-electron chi connectivity index (χ3n) is 4.06. The van der Waals surface area contributed by atoms with Gasteiger partial charge in [-0.15, -0.1) is 0 Å². The van der Waals surface area contributed by atoms with Crippen LogP contribution in [0.2, 0.25) is 0 Å². The minimum atomic E-state index is -0.907. The van der Waals surface area contributed by atoms with Crippen molar-refractivity contribution < 1.29 is 13.6 Å². The molecule has 0 radical (unpaired) electrons. The van der Waals surface area contributed by atoms with Crippen LogP contribution >= 0.6 is 0 Å². The first-order valence-corrected chi connectivity index (χ1v) is 6.38. The summed E-state index contributed by atoms with van der Waals surface area (Å²) < 4.78 is 26.5. The lowest BCUT2D eigenvalue weighted by Gasteiger charge is -2.20. The maximum Gasteiger partial charge on any atom is 0.251 e. The highest BCUT2D eigenvalue weighted by molar-refractivity contribution is 5.94. The van der Waals surface area contributed by atoms with Crippen LogP contribution in [0.15, 0.2) is 12.1 Å². The van der Waals surface area contributed by atoms with Crippen molar-refractivity contribution in [2.75, 3.05) is 12.3 Å². The molecule has 0 aromatic heterocycles. The van der Waals surface area contributed by atoms with Gasteiger partial charge < -0.3 is 11.1 Å². The summed E-state index contributed by atoms with van der Waals surface area (Å²) in [6.45, 7) is 4.76. The second-order valence-corrected chi connectivity index (χ2v) is 5.55. The molecule has 0 atom stereocenters. The quantitative estimate of drug-likeness (QED) is 0.825. The van der Waals surface area contributed by atoms with Gasteiger partial charge in [-0.3, -0.25) is 4.79 Å². The Hall–Kier alpha value is -1.65. The SMILES string of the molecule is CC(C)C1(CNC(=O)c2cc(F)c(N)c(F)c2)CC1. The van der Waals surface area contributed by atoms with Crippen molar-refractivity contribution in [3.05, 3.63) is 29.3 Å². The standard InChI is InChI=1S/C14H18F2N2O/c1-8(2)14(3-4-14)7-18-13(19)9-5-10(15)12(17)11(16)6-9/h5-6,8H,3-4,7,17H2,1-2H3,(H,18,19). The number of rotatable bonds is 4. The van der Waals surface area contributed by atoms with E-state index in [0.29, 0.717) is 12.5 Å². The molecule has 0 unspecified atom stereocenters. The van der Waals surface area contributed by atoms with Gasteiger partial charge in [0.05, 0.1) is 0 Å². The molecule has 1 amide bonds. The second-order valence-electron chi connectivity index (χ2n) is 5.55. The number of carbonyl (C=O) groups excluding carboxylic acids is 1. The monoisotopic (exact) mass is 268 g/mol. The van der Waals surface area contributed by atoms with Gasteiger partial charge in [-0.05, 0) is 36.3 Å². The van der Waals surface area contributed by atoms with Crippen molar-refractivity contribution in [3.63, 3.8) is 0 Å². The van der Waals surface area contributed by atoms with Gasteiger partial charge in [0.1, 0.15) is 17.3 Å². The lowest BCUT2D eigenvalue weighted by Crippen LogP contribution is -2.32. The van der Waals surface area contributed by atoms with Gasteiger partial charge in [0.2, 0.25) is 0 Å². The number of hydrogen-bond donors (Lipinski definition) is 2. The van der Waals surface area contributed by atoms with Crippen molar-refractivity contribution in [1.29, 1.82) is 0 Å². The molecule has 1 aliphatic rings. The molecule has 1 aromatic carbocycles. The summed E-state index contributed by atoms with van der Waals surface area (Å²) in [7, 11) is 0. The van der Waals surface area contributed by atoms with Crippen LogP contribution < -0.4 is 11.1 Å². The average molecular weight is 268 g/mol. The Morgan fingerprint density at radius 1 is 1.37 bits per heavy atom. The van der Waals surface area contributed by atoms with Gasteiger partial charge in [-0.25, -0.2) is 8.78 Å². The van der Waals surface area contributed by atoms with Crippen LogP contribution in [0.5, 0.6) is 0 Å². The Labute approximate surface area is 111 Å². The number of anilines is 1. The van der Waals surface area contributed by atoms with Crippen LogP contribution in [0.4, 0.5) is 14.5 Å². The van der Waals surface area contributed by atoms with Crippen LogP contribution in [-0.4, -0.2) is 12.5 Å². The number of halogens is 2. The molecule has 19 heavy (non-hydrogen) atoms. The van der Waals surface area contributed by atoms with E-state index in [-0.39, 0.29) is 11.0 Å². The summed E-state index contributed by atoms with van der Waals surface area (Å²) in [6.07, 6.45) is 2.16. The van der Waals surface area contributed by atoms with E-state index in [9.17, 15) is 13.6 Å². The number of nitrogens with one attached hydrogen (secondary N) is 1. The zero-order chi connectivity index (χ0) is 14.2. The number of nitrogen functional groups attached to an aromatic ring is 1. The maximum absolute atomic E-state index is 13.3. The topological polar surface area (TPSA) is 55.1 Å². The molecule has 1 saturated carbocycles. The third-order valence-corrected chi connectivity index (χ3v) is 4.06. The van der Waals surface area contributed by atoms with Crippen molar-refractivity contribution in [2.24, 2.45) is 11.3 Å². The first-order valence-electron chi connectivity index (χ1n) is 6.38. The van der Waals surface area contributed by atoms with E-state index < -0.39 is 23.2 Å². The molecule has 3 nitrogen and oxygen atoms in total. The average Bonchev–Trinajstić information content (AvgIpc) is 3.13. The van der Waals surface area contributed by atoms with Crippen LogP contribution in [-0.2, 0) is 0 Å². The smallest absolute Gasteiger partial charge is 0.251 e. The fourth-order valence-electron chi connectivity index (χ4n) is 2.19. The van der Waals surface area contributed by atoms with Crippen molar-refractivity contribution >= 4 is 11.6 Å².